The van der Waals surface area contributed by atoms with Gasteiger partial charge in [-0.05, 0) is 37.1 Å². The zero-order valence-electron chi connectivity index (χ0n) is 21.6. The van der Waals surface area contributed by atoms with Gasteiger partial charge in [-0.2, -0.15) is 0 Å². The molecule has 2 aromatic rings. The third kappa shape index (κ3) is 7.47. The third-order valence-corrected chi connectivity index (χ3v) is 7.38. The van der Waals surface area contributed by atoms with Gasteiger partial charge in [0.1, 0.15) is 13.2 Å². The van der Waals surface area contributed by atoms with Crippen molar-refractivity contribution in [3.63, 3.8) is 0 Å². The van der Waals surface area contributed by atoms with Crippen molar-refractivity contribution in [3.05, 3.63) is 54.1 Å². The maximum Gasteiger partial charge on any atom is 0.260 e. The van der Waals surface area contributed by atoms with Crippen LogP contribution in [0, 0.1) is 5.92 Å². The Morgan fingerprint density at radius 2 is 1.50 bits per heavy atom. The summed E-state index contributed by atoms with van der Waals surface area (Å²) in [7, 11) is 0. The fourth-order valence-corrected chi connectivity index (χ4v) is 5.38. The van der Waals surface area contributed by atoms with E-state index in [1.807, 2.05) is 30.3 Å². The highest BCUT2D eigenvalue weighted by atomic mass is 35.5. The number of para-hydroxylation sites is 1. The Balaban J connectivity index is 0.00000169. The van der Waals surface area contributed by atoms with Crippen LogP contribution < -0.4 is 14.4 Å². The van der Waals surface area contributed by atoms with Gasteiger partial charge in [0.15, 0.2) is 11.5 Å². The first-order chi connectivity index (χ1) is 17.2. The van der Waals surface area contributed by atoms with Gasteiger partial charge >= 0.3 is 0 Å². The van der Waals surface area contributed by atoms with Crippen molar-refractivity contribution in [2.45, 2.75) is 32.1 Å². The summed E-state index contributed by atoms with van der Waals surface area (Å²) in [6.45, 7) is 5.75. The summed E-state index contributed by atoms with van der Waals surface area (Å²) >= 11 is 0. The molecule has 1 saturated carbocycles. The van der Waals surface area contributed by atoms with Crippen LogP contribution in [-0.4, -0.2) is 74.1 Å². The van der Waals surface area contributed by atoms with Crippen molar-refractivity contribution in [2.24, 2.45) is 5.92 Å². The van der Waals surface area contributed by atoms with E-state index in [0.717, 1.165) is 69.0 Å². The van der Waals surface area contributed by atoms with Gasteiger partial charge in [0, 0.05) is 50.7 Å². The number of hydrogen-bond acceptors (Lipinski definition) is 6. The van der Waals surface area contributed by atoms with Crippen molar-refractivity contribution < 1.29 is 19.1 Å². The molecule has 0 unspecified atom stereocenters. The Kier molecular flexibility index (Phi) is 13.0. The number of imide groups is 1. The number of rotatable bonds is 6. The van der Waals surface area contributed by atoms with Crippen LogP contribution in [-0.2, 0) is 4.79 Å². The second-order valence-electron chi connectivity index (χ2n) is 9.63. The largest absolute Gasteiger partial charge is 0.486 e. The monoisotopic (exact) mass is 585 g/mol. The maximum absolute atomic E-state index is 13.4. The van der Waals surface area contributed by atoms with Crippen LogP contribution in [0.3, 0.4) is 0 Å². The van der Waals surface area contributed by atoms with E-state index in [4.69, 9.17) is 9.47 Å². The molecule has 0 atom stereocenters. The topological polar surface area (TPSA) is 62.3 Å². The van der Waals surface area contributed by atoms with Crippen LogP contribution >= 0.6 is 37.2 Å². The number of piperazine rings is 1. The summed E-state index contributed by atoms with van der Waals surface area (Å²) in [6.07, 6.45) is 5.11. The van der Waals surface area contributed by atoms with E-state index >= 15 is 0 Å². The van der Waals surface area contributed by atoms with Crippen LogP contribution in [0.2, 0.25) is 0 Å². The van der Waals surface area contributed by atoms with E-state index in [1.54, 1.807) is 12.1 Å². The van der Waals surface area contributed by atoms with Gasteiger partial charge in [0.2, 0.25) is 5.91 Å². The van der Waals surface area contributed by atoms with Crippen LogP contribution in [0.15, 0.2) is 48.5 Å². The second-order valence-corrected chi connectivity index (χ2v) is 9.63. The molecule has 210 valence electrons. The van der Waals surface area contributed by atoms with Crippen molar-refractivity contribution in [2.75, 3.05) is 57.4 Å². The molecule has 7 nitrogen and oxygen atoms in total. The first kappa shape index (κ1) is 32.0. The van der Waals surface area contributed by atoms with Gasteiger partial charge in [0.05, 0.1) is 5.69 Å². The first-order valence-electron chi connectivity index (χ1n) is 13.0. The number of hydrogen-bond donors (Lipinski definition) is 0. The van der Waals surface area contributed by atoms with Crippen LogP contribution in [0.4, 0.5) is 5.69 Å². The standard InChI is InChI=1S/C28H35N3O4.3ClH/c32-27(22-8-3-1-4-9-22)31(28(33)23-10-5-2-6-11-23)19-16-29-14-17-30(18-15-29)24-12-7-13-25-26(24)35-21-20-34-25;;;/h1,3-4,7-9,12-13,23H,2,5-6,10-11,14-21H2;3*1H. The third-order valence-electron chi connectivity index (χ3n) is 7.38. The molecule has 2 aromatic carbocycles. The average molecular weight is 587 g/mol. The lowest BCUT2D eigenvalue weighted by Crippen LogP contribution is -2.50. The summed E-state index contributed by atoms with van der Waals surface area (Å²) in [5.74, 6) is 1.45. The van der Waals surface area contributed by atoms with E-state index in [-0.39, 0.29) is 55.0 Å². The number of benzene rings is 2. The van der Waals surface area contributed by atoms with Crippen LogP contribution in [0.5, 0.6) is 11.5 Å². The van der Waals surface area contributed by atoms with Crippen LogP contribution in [0.25, 0.3) is 0 Å². The van der Waals surface area contributed by atoms with Crippen molar-refractivity contribution in [3.8, 4) is 11.5 Å². The van der Waals surface area contributed by atoms with E-state index in [2.05, 4.69) is 15.9 Å². The highest BCUT2D eigenvalue weighted by Crippen LogP contribution is 2.39. The fourth-order valence-electron chi connectivity index (χ4n) is 5.38. The number of halogens is 3. The van der Waals surface area contributed by atoms with Crippen molar-refractivity contribution in [1.82, 2.24) is 9.80 Å². The molecule has 0 bridgehead atoms. The van der Waals surface area contributed by atoms with E-state index in [9.17, 15) is 9.59 Å². The van der Waals surface area contributed by atoms with Crippen molar-refractivity contribution >= 4 is 54.7 Å². The lowest BCUT2D eigenvalue weighted by Gasteiger charge is -2.38. The summed E-state index contributed by atoms with van der Waals surface area (Å²) in [4.78, 5) is 33.0. The molecule has 38 heavy (non-hydrogen) atoms. The minimum Gasteiger partial charge on any atom is -0.486 e. The molecule has 2 amide bonds. The van der Waals surface area contributed by atoms with Gasteiger partial charge in [-0.3, -0.25) is 19.4 Å². The fraction of sp³-hybridized carbons (Fsp3) is 0.500. The molecule has 10 heteroatoms. The molecule has 3 aliphatic rings. The number of fused-ring (bicyclic) bond motifs is 1. The Bertz CT molecular complexity index is 1030. The summed E-state index contributed by atoms with van der Waals surface area (Å²) < 4.78 is 11.6. The summed E-state index contributed by atoms with van der Waals surface area (Å²) in [5, 5.41) is 0. The molecule has 1 aliphatic carbocycles. The number of carbonyl (C=O) groups excluding carboxylic acids is 2. The number of nitrogens with zero attached hydrogens (tertiary/aromatic N) is 3. The van der Waals surface area contributed by atoms with E-state index in [1.165, 1.54) is 11.3 Å². The smallest absolute Gasteiger partial charge is 0.260 e. The normalized spacial score (nSPS) is 17.3. The van der Waals surface area contributed by atoms with Gasteiger partial charge in [-0.15, -0.1) is 37.2 Å². The molecule has 2 aliphatic heterocycles. The minimum atomic E-state index is -0.173. The average Bonchev–Trinajstić information content (AvgIpc) is 2.94. The minimum absolute atomic E-state index is 0. The summed E-state index contributed by atoms with van der Waals surface area (Å²) in [5.41, 5.74) is 1.66. The number of ether oxygens (including phenoxy) is 2. The molecule has 2 heterocycles. The Morgan fingerprint density at radius 3 is 2.21 bits per heavy atom. The van der Waals surface area contributed by atoms with Crippen LogP contribution in [0.1, 0.15) is 42.5 Å². The highest BCUT2D eigenvalue weighted by Gasteiger charge is 2.31. The molecule has 5 rings (SSSR count). The predicted octanol–water partition coefficient (Wildman–Crippen LogP) is 5.09. The predicted molar refractivity (Wildman–Crippen MR) is 157 cm³/mol. The molecule has 0 radical (unpaired) electrons. The van der Waals surface area contributed by atoms with Crippen molar-refractivity contribution in [1.29, 1.82) is 0 Å². The SMILES string of the molecule is Cl.Cl.Cl.O=C(c1ccccc1)N(CCN1CCN(c2cccc3c2OCCO3)CC1)C(=O)C1CCCCC1. The van der Waals surface area contributed by atoms with Gasteiger partial charge in [-0.25, -0.2) is 0 Å². The molecule has 0 spiro atoms. The molecule has 2 fully saturated rings. The lowest BCUT2D eigenvalue weighted by molar-refractivity contribution is -0.134. The molecular formula is C28H38Cl3N3O4. The molecule has 1 saturated heterocycles. The number of carbonyl (C=O) groups is 2. The zero-order valence-corrected chi connectivity index (χ0v) is 24.0. The first-order valence-corrected chi connectivity index (χ1v) is 13.0. The number of amides is 2. The van der Waals surface area contributed by atoms with Gasteiger partial charge < -0.3 is 14.4 Å². The Labute approximate surface area is 244 Å². The number of anilines is 1. The molecule has 0 aromatic heterocycles. The quantitative estimate of drug-likeness (QED) is 0.439. The molecule has 0 N–H and O–H groups in total. The maximum atomic E-state index is 13.4. The highest BCUT2D eigenvalue weighted by molar-refractivity contribution is 6.05. The molecular weight excluding hydrogens is 549 g/mol. The zero-order chi connectivity index (χ0) is 24.0. The van der Waals surface area contributed by atoms with E-state index in [0.29, 0.717) is 31.9 Å². The lowest BCUT2D eigenvalue weighted by atomic mass is 9.88. The Morgan fingerprint density at radius 1 is 0.816 bits per heavy atom. The second kappa shape index (κ2) is 15.4. The Hall–Kier alpha value is -2.19. The summed E-state index contributed by atoms with van der Waals surface area (Å²) in [6, 6.07) is 15.3. The van der Waals surface area contributed by atoms with Gasteiger partial charge in [0.25, 0.3) is 5.91 Å². The van der Waals surface area contributed by atoms with Gasteiger partial charge in [-0.1, -0.05) is 43.5 Å². The van der Waals surface area contributed by atoms with E-state index < -0.39 is 0 Å².